The smallest absolute Gasteiger partial charge is 0.335 e. The van der Waals surface area contributed by atoms with Gasteiger partial charge in [0.2, 0.25) is 5.88 Å². The zero-order chi connectivity index (χ0) is 25.6. The van der Waals surface area contributed by atoms with Gasteiger partial charge in [-0.3, -0.25) is 9.36 Å². The number of aromatic nitrogens is 2. The van der Waals surface area contributed by atoms with E-state index in [1.54, 1.807) is 36.4 Å². The van der Waals surface area contributed by atoms with E-state index >= 15 is 0 Å². The first-order chi connectivity index (χ1) is 17.1. The molecule has 3 aromatic rings. The van der Waals surface area contributed by atoms with Crippen LogP contribution in [0.1, 0.15) is 46.2 Å². The molecular formula is C23H24ClN5O5S2. The second kappa shape index (κ2) is 9.41. The number of hydrogen-bond acceptors (Lipinski definition) is 6. The van der Waals surface area contributed by atoms with E-state index in [0.29, 0.717) is 58.0 Å². The second-order valence-corrected chi connectivity index (χ2v) is 12.1. The number of thiophene rings is 1. The SMILES string of the molecule is CS(=O)(=O)N=C(c1ccc(-n2c(O)c3n(c2=O)CC[C@H]3NC(=O)c2ccc(Cl)s2)cc1)N1CCCC1. The van der Waals surface area contributed by atoms with Crippen molar-refractivity contribution in [1.29, 1.82) is 0 Å². The van der Waals surface area contributed by atoms with Crippen LogP contribution in [0.25, 0.3) is 5.69 Å². The molecule has 4 heterocycles. The van der Waals surface area contributed by atoms with Gasteiger partial charge in [0.15, 0.2) is 0 Å². The highest BCUT2D eigenvalue weighted by molar-refractivity contribution is 7.89. The van der Waals surface area contributed by atoms with Crippen LogP contribution in [0, 0.1) is 0 Å². The number of halogens is 1. The van der Waals surface area contributed by atoms with Gasteiger partial charge in [-0.05, 0) is 55.7 Å². The first-order valence-electron chi connectivity index (χ1n) is 11.4. The number of carbonyl (C=O) groups is 1. The van der Waals surface area contributed by atoms with Crippen molar-refractivity contribution in [3.8, 4) is 11.6 Å². The Labute approximate surface area is 216 Å². The van der Waals surface area contributed by atoms with E-state index in [0.717, 1.165) is 30.4 Å². The van der Waals surface area contributed by atoms with Gasteiger partial charge in [-0.1, -0.05) is 11.6 Å². The summed E-state index contributed by atoms with van der Waals surface area (Å²) < 4.78 is 30.9. The number of sulfonamides is 1. The quantitative estimate of drug-likeness (QED) is 0.372. The molecular weight excluding hydrogens is 526 g/mol. The number of imidazole rings is 1. The van der Waals surface area contributed by atoms with Crippen LogP contribution >= 0.6 is 22.9 Å². The Morgan fingerprint density at radius 1 is 1.14 bits per heavy atom. The maximum absolute atomic E-state index is 13.1. The van der Waals surface area contributed by atoms with E-state index in [9.17, 15) is 23.1 Å². The molecule has 36 heavy (non-hydrogen) atoms. The average Bonchev–Trinajstić information content (AvgIpc) is 3.61. The van der Waals surface area contributed by atoms with E-state index in [2.05, 4.69) is 9.71 Å². The molecule has 1 saturated heterocycles. The lowest BCUT2D eigenvalue weighted by Crippen LogP contribution is -2.29. The third-order valence-corrected chi connectivity index (χ3v) is 8.00. The highest BCUT2D eigenvalue weighted by Crippen LogP contribution is 2.34. The Morgan fingerprint density at radius 2 is 1.83 bits per heavy atom. The largest absolute Gasteiger partial charge is 0.493 e. The Kier molecular flexibility index (Phi) is 6.43. The fourth-order valence-corrected chi connectivity index (χ4v) is 6.16. The summed E-state index contributed by atoms with van der Waals surface area (Å²) in [5.74, 6) is -0.202. The fourth-order valence-electron chi connectivity index (χ4n) is 4.68. The Bertz CT molecular complexity index is 1510. The summed E-state index contributed by atoms with van der Waals surface area (Å²) in [7, 11) is -3.61. The minimum Gasteiger partial charge on any atom is -0.493 e. The summed E-state index contributed by atoms with van der Waals surface area (Å²) >= 11 is 7.08. The van der Waals surface area contributed by atoms with Gasteiger partial charge < -0.3 is 15.3 Å². The lowest BCUT2D eigenvalue weighted by atomic mass is 10.1. The van der Waals surface area contributed by atoms with Crippen LogP contribution in [0.3, 0.4) is 0 Å². The summed E-state index contributed by atoms with van der Waals surface area (Å²) in [6.07, 6.45) is 3.44. The van der Waals surface area contributed by atoms with Gasteiger partial charge in [0.1, 0.15) is 11.5 Å². The standard InChI is InChI=1S/C23H24ClN5O5S2/c1-36(33,34)26-20(27-11-2-3-12-27)14-4-6-15(7-5-14)29-22(31)19-16(10-13-28(19)23(29)32)25-21(30)17-8-9-18(24)35-17/h4-9,16,31H,2-3,10-13H2,1H3,(H,25,30)/t16-/m1/s1. The summed E-state index contributed by atoms with van der Waals surface area (Å²) in [5, 5.41) is 13.9. The summed E-state index contributed by atoms with van der Waals surface area (Å²) in [5.41, 5.74) is 0.940. The van der Waals surface area contributed by atoms with Crippen LogP contribution in [-0.4, -0.2) is 58.6 Å². The van der Waals surface area contributed by atoms with Crippen LogP contribution in [0.15, 0.2) is 45.6 Å². The van der Waals surface area contributed by atoms with Crippen LogP contribution < -0.4 is 11.0 Å². The predicted molar refractivity (Wildman–Crippen MR) is 138 cm³/mol. The molecule has 13 heteroatoms. The van der Waals surface area contributed by atoms with Crippen LogP contribution in [0.4, 0.5) is 0 Å². The van der Waals surface area contributed by atoms with Crippen molar-refractivity contribution >= 4 is 44.7 Å². The zero-order valence-corrected chi connectivity index (χ0v) is 21.7. The number of aromatic hydroxyl groups is 1. The van der Waals surface area contributed by atoms with Crippen LogP contribution in [-0.2, 0) is 16.6 Å². The van der Waals surface area contributed by atoms with E-state index < -0.39 is 21.8 Å². The van der Waals surface area contributed by atoms with Crippen molar-refractivity contribution in [3.05, 3.63) is 67.4 Å². The van der Waals surface area contributed by atoms with Crippen molar-refractivity contribution in [2.24, 2.45) is 4.40 Å². The molecule has 1 fully saturated rings. The van der Waals surface area contributed by atoms with E-state index in [-0.39, 0.29) is 11.8 Å². The lowest BCUT2D eigenvalue weighted by molar-refractivity contribution is 0.0940. The van der Waals surface area contributed by atoms with Crippen molar-refractivity contribution in [2.45, 2.75) is 31.8 Å². The first kappa shape index (κ1) is 24.6. The molecule has 0 saturated carbocycles. The third-order valence-electron chi connectivity index (χ3n) is 6.27. The topological polar surface area (TPSA) is 126 Å². The number of amidine groups is 1. The van der Waals surface area contributed by atoms with Gasteiger partial charge in [-0.15, -0.1) is 15.7 Å². The number of nitrogens with zero attached hydrogens (tertiary/aromatic N) is 4. The molecule has 190 valence electrons. The van der Waals surface area contributed by atoms with Crippen molar-refractivity contribution in [3.63, 3.8) is 0 Å². The fraction of sp³-hybridized carbons (Fsp3) is 0.348. The number of benzene rings is 1. The molecule has 1 aromatic carbocycles. The Hall–Kier alpha value is -3.09. The maximum atomic E-state index is 13.1. The molecule has 2 aliphatic heterocycles. The monoisotopic (exact) mass is 549 g/mol. The molecule has 2 aliphatic rings. The van der Waals surface area contributed by atoms with Gasteiger partial charge in [-0.25, -0.2) is 17.8 Å². The second-order valence-electron chi connectivity index (χ2n) is 8.79. The Morgan fingerprint density at radius 3 is 2.44 bits per heavy atom. The van der Waals surface area contributed by atoms with Crippen molar-refractivity contribution in [2.75, 3.05) is 19.3 Å². The molecule has 0 radical (unpaired) electrons. The number of likely N-dealkylation sites (tertiary alicyclic amines) is 1. The molecule has 0 bridgehead atoms. The minimum absolute atomic E-state index is 0.246. The average molecular weight is 550 g/mol. The van der Waals surface area contributed by atoms with Crippen LogP contribution in [0.2, 0.25) is 4.34 Å². The lowest BCUT2D eigenvalue weighted by Gasteiger charge is -2.20. The molecule has 0 unspecified atom stereocenters. The number of rotatable bonds is 5. The number of fused-ring (bicyclic) bond motifs is 1. The van der Waals surface area contributed by atoms with Gasteiger partial charge in [0.25, 0.3) is 15.9 Å². The highest BCUT2D eigenvalue weighted by atomic mass is 35.5. The molecule has 2 N–H and O–H groups in total. The summed E-state index contributed by atoms with van der Waals surface area (Å²) in [4.78, 5) is 28.1. The number of hydrogen-bond donors (Lipinski definition) is 2. The molecule has 5 rings (SSSR count). The number of carbonyl (C=O) groups excluding carboxylic acids is 1. The minimum atomic E-state index is -3.61. The van der Waals surface area contributed by atoms with E-state index in [4.69, 9.17) is 11.6 Å². The highest BCUT2D eigenvalue weighted by Gasteiger charge is 2.33. The zero-order valence-electron chi connectivity index (χ0n) is 19.3. The van der Waals surface area contributed by atoms with Crippen molar-refractivity contribution < 1.29 is 18.3 Å². The summed E-state index contributed by atoms with van der Waals surface area (Å²) in [6, 6.07) is 9.38. The third kappa shape index (κ3) is 4.67. The molecule has 1 amide bonds. The number of nitrogens with one attached hydrogen (secondary N) is 1. The number of amides is 1. The Balaban J connectivity index is 1.45. The first-order valence-corrected chi connectivity index (χ1v) is 14.4. The van der Waals surface area contributed by atoms with Gasteiger partial charge >= 0.3 is 5.69 Å². The van der Waals surface area contributed by atoms with E-state index in [1.165, 1.54) is 9.13 Å². The van der Waals surface area contributed by atoms with Gasteiger partial charge in [-0.2, -0.15) is 0 Å². The van der Waals surface area contributed by atoms with Gasteiger partial charge in [0.05, 0.1) is 27.2 Å². The van der Waals surface area contributed by atoms with E-state index in [1.807, 2.05) is 4.90 Å². The summed E-state index contributed by atoms with van der Waals surface area (Å²) in [6.45, 7) is 1.78. The van der Waals surface area contributed by atoms with Crippen molar-refractivity contribution in [1.82, 2.24) is 19.4 Å². The molecule has 2 aromatic heterocycles. The molecule has 0 spiro atoms. The molecule has 10 nitrogen and oxygen atoms in total. The maximum Gasteiger partial charge on any atom is 0.335 e. The molecule has 0 aliphatic carbocycles. The van der Waals surface area contributed by atoms with Gasteiger partial charge in [0, 0.05) is 25.2 Å². The van der Waals surface area contributed by atoms with Crippen LogP contribution in [0.5, 0.6) is 5.88 Å². The molecule has 1 atom stereocenters. The normalized spacial score (nSPS) is 18.0. The predicted octanol–water partition coefficient (Wildman–Crippen LogP) is 2.74.